The highest BCUT2D eigenvalue weighted by Gasteiger charge is 2.53. The van der Waals surface area contributed by atoms with Crippen molar-refractivity contribution in [2.24, 2.45) is 17.8 Å². The van der Waals surface area contributed by atoms with Crippen molar-refractivity contribution < 1.29 is 76.8 Å². The van der Waals surface area contributed by atoms with E-state index in [0.29, 0.717) is 19.3 Å². The van der Waals surface area contributed by atoms with Crippen LogP contribution >= 0.6 is 0 Å². The molecule has 0 aromatic rings. The molecule has 0 amide bonds. The number of esters is 3. The monoisotopic (exact) mass is 955 g/mol. The van der Waals surface area contributed by atoms with Crippen LogP contribution in [0.3, 0.4) is 0 Å². The van der Waals surface area contributed by atoms with Crippen LogP contribution in [0.4, 0.5) is 0 Å². The molecule has 4 aliphatic heterocycles. The predicted octanol–water partition coefficient (Wildman–Crippen LogP) is 4.10. The molecule has 19 atom stereocenters. The third-order valence-corrected chi connectivity index (χ3v) is 13.3. The van der Waals surface area contributed by atoms with Gasteiger partial charge in [-0.25, -0.2) is 0 Å². The van der Waals surface area contributed by atoms with Crippen LogP contribution in [-0.2, 0) is 66.5 Å². The number of carbonyl (C=O) groups excluding carboxylic acids is 4. The number of allylic oxidation sites excluding steroid dienone is 2. The Morgan fingerprint density at radius 1 is 0.896 bits per heavy atom. The van der Waals surface area contributed by atoms with Gasteiger partial charge in [0.1, 0.15) is 42.4 Å². The molecule has 0 saturated carbocycles. The number of aliphatic hydroxyl groups is 2. The van der Waals surface area contributed by atoms with E-state index in [-0.39, 0.29) is 30.9 Å². The average molecular weight is 955 g/mol. The molecule has 2 N–H and O–H groups in total. The van der Waals surface area contributed by atoms with Crippen LogP contribution < -0.4 is 0 Å². The minimum Gasteiger partial charge on any atom is -0.462 e. The Balaban J connectivity index is 1.70. The Labute approximate surface area is 398 Å². The highest BCUT2D eigenvalue weighted by Crippen LogP contribution is 2.38. The second kappa shape index (κ2) is 25.8. The van der Waals surface area contributed by atoms with E-state index in [2.05, 4.69) is 4.90 Å². The van der Waals surface area contributed by atoms with Gasteiger partial charge in [-0.15, -0.1) is 0 Å². The van der Waals surface area contributed by atoms with Crippen LogP contribution in [0, 0.1) is 17.8 Å². The van der Waals surface area contributed by atoms with E-state index < -0.39 is 128 Å². The summed E-state index contributed by atoms with van der Waals surface area (Å²) in [6, 6.07) is -0.550. The number of cyclic esters (lactones) is 1. The molecule has 4 heterocycles. The quantitative estimate of drug-likeness (QED) is 0.143. The number of aldehydes is 1. The van der Waals surface area contributed by atoms with Gasteiger partial charge in [0.2, 0.25) is 0 Å². The molecule has 18 heteroatoms. The van der Waals surface area contributed by atoms with E-state index in [1.165, 1.54) is 14.0 Å². The van der Waals surface area contributed by atoms with Gasteiger partial charge < -0.3 is 72.2 Å². The third-order valence-electron chi connectivity index (χ3n) is 13.3. The maximum atomic E-state index is 13.5. The van der Waals surface area contributed by atoms with Gasteiger partial charge >= 0.3 is 17.9 Å². The summed E-state index contributed by atoms with van der Waals surface area (Å²) >= 11 is 0. The molecule has 0 bridgehead atoms. The Bertz CT molecular complexity index is 1640. The lowest BCUT2D eigenvalue weighted by atomic mass is 9.82. The minimum atomic E-state index is -1.51. The first-order chi connectivity index (χ1) is 31.5. The van der Waals surface area contributed by atoms with Gasteiger partial charge in [-0.2, -0.15) is 0 Å². The fourth-order valence-electron chi connectivity index (χ4n) is 9.88. The largest absolute Gasteiger partial charge is 0.462 e. The van der Waals surface area contributed by atoms with Crippen molar-refractivity contribution >= 4 is 24.2 Å². The summed E-state index contributed by atoms with van der Waals surface area (Å²) in [4.78, 5) is 55.4. The highest BCUT2D eigenvalue weighted by atomic mass is 16.7. The van der Waals surface area contributed by atoms with Gasteiger partial charge in [-0.1, -0.05) is 45.1 Å². The molecule has 0 aromatic carbocycles. The van der Waals surface area contributed by atoms with E-state index in [1.807, 2.05) is 52.2 Å². The fraction of sp³-hybridized carbons (Fsp3) is 0.837. The van der Waals surface area contributed by atoms with Crippen molar-refractivity contribution in [3.05, 3.63) is 24.3 Å². The summed E-state index contributed by atoms with van der Waals surface area (Å²) in [5, 5.41) is 23.8. The number of rotatable bonds is 14. The molecule has 19 unspecified atom stereocenters. The molecule has 0 radical (unpaired) electrons. The lowest BCUT2D eigenvalue weighted by Gasteiger charge is -2.50. The van der Waals surface area contributed by atoms with Gasteiger partial charge in [-0.05, 0) is 93.9 Å². The molecule has 0 aliphatic carbocycles. The molecule has 0 spiro atoms. The zero-order valence-corrected chi connectivity index (χ0v) is 42.3. The first-order valence-electron chi connectivity index (χ1n) is 24.0. The van der Waals surface area contributed by atoms with Crippen molar-refractivity contribution in [1.29, 1.82) is 0 Å². The number of nitrogens with zero attached hydrogens (tertiary/aromatic N) is 2. The smallest absolute Gasteiger partial charge is 0.309 e. The molecule has 67 heavy (non-hydrogen) atoms. The molecule has 4 aliphatic rings. The van der Waals surface area contributed by atoms with Crippen molar-refractivity contribution in [1.82, 2.24) is 9.80 Å². The van der Waals surface area contributed by atoms with Crippen LogP contribution in [-0.4, -0.2) is 183 Å². The molecule has 384 valence electrons. The van der Waals surface area contributed by atoms with Crippen molar-refractivity contribution in [3.63, 3.8) is 0 Å². The van der Waals surface area contributed by atoms with Crippen LogP contribution in [0.15, 0.2) is 24.3 Å². The number of methoxy groups -OCH3 is 1. The summed E-state index contributed by atoms with van der Waals surface area (Å²) in [5.41, 5.74) is -1.51. The minimum absolute atomic E-state index is 0.0483. The van der Waals surface area contributed by atoms with Crippen LogP contribution in [0.1, 0.15) is 107 Å². The van der Waals surface area contributed by atoms with Crippen molar-refractivity contribution in [3.8, 4) is 0 Å². The lowest BCUT2D eigenvalue weighted by molar-refractivity contribution is -0.344. The zero-order chi connectivity index (χ0) is 49.9. The second-order valence-electron chi connectivity index (χ2n) is 20.0. The Kier molecular flexibility index (Phi) is 21.9. The summed E-state index contributed by atoms with van der Waals surface area (Å²) in [6.45, 7) is 15.5. The van der Waals surface area contributed by atoms with Gasteiger partial charge in [0.15, 0.2) is 25.0 Å². The van der Waals surface area contributed by atoms with Crippen LogP contribution in [0.2, 0.25) is 0 Å². The average Bonchev–Trinajstić information content (AvgIpc) is 3.21. The van der Waals surface area contributed by atoms with E-state index in [9.17, 15) is 29.4 Å². The summed E-state index contributed by atoms with van der Waals surface area (Å²) in [6.07, 6.45) is -1.98. The number of hydrogen-bond acceptors (Lipinski definition) is 18. The zero-order valence-electron chi connectivity index (χ0n) is 42.3. The van der Waals surface area contributed by atoms with E-state index in [1.54, 1.807) is 60.5 Å². The third kappa shape index (κ3) is 15.8. The predicted molar refractivity (Wildman–Crippen MR) is 245 cm³/mol. The lowest BCUT2D eigenvalue weighted by Crippen LogP contribution is -2.66. The SMILES string of the molecule is COC1C(OC(C)=O)CC(=O)OC(C)C/C=C\C=C/C(OC2CCC(N(C)C)C(C)O2)C(C)CC(CC=O)C1OC1OC(C)C(OC2CC(C)(O)C(OC(=O)C(C)C)C(C)O2)C(N(C)C)C1O. The van der Waals surface area contributed by atoms with Crippen molar-refractivity contribution in [2.75, 3.05) is 35.3 Å². The number of aliphatic hydroxyl groups excluding tert-OH is 1. The first kappa shape index (κ1) is 56.7. The summed E-state index contributed by atoms with van der Waals surface area (Å²) in [5.74, 6) is -3.13. The van der Waals surface area contributed by atoms with E-state index in [4.69, 9.17) is 47.4 Å². The first-order valence-corrected chi connectivity index (χ1v) is 24.0. The topological polar surface area (TPSA) is 208 Å². The molecular weight excluding hydrogens is 873 g/mol. The molecule has 18 nitrogen and oxygen atoms in total. The molecule has 4 rings (SSSR count). The van der Waals surface area contributed by atoms with Crippen LogP contribution in [0.5, 0.6) is 0 Å². The van der Waals surface area contributed by atoms with E-state index >= 15 is 0 Å². The molecular formula is C49H82N2O16. The standard InChI is InChI=1S/C49H82N2O16/c1-27(2)47(56)67-46-32(7)61-40(26-49(46,9)57)65-43-31(6)62-48(42(55)41(43)51(12)13)66-44-34(22-23-52)24-28(3)36(64-39-21-20-35(50(10)11)30(5)60-39)19-17-15-16-18-29(4)59-38(54)25-37(45(44)58-14)63-33(8)53/h15-17,19,23,27-32,34-37,39-46,48,55,57H,18,20-22,24-26H2,1-14H3/b16-15-,19-17-. The van der Waals surface area contributed by atoms with Gasteiger partial charge in [0.05, 0.1) is 48.9 Å². The summed E-state index contributed by atoms with van der Waals surface area (Å²) < 4.78 is 62.6. The number of carbonyl (C=O) groups is 4. The van der Waals surface area contributed by atoms with Gasteiger partial charge in [-0.3, -0.25) is 14.4 Å². The Morgan fingerprint density at radius 2 is 1.58 bits per heavy atom. The maximum Gasteiger partial charge on any atom is 0.309 e. The summed E-state index contributed by atoms with van der Waals surface area (Å²) in [7, 11) is 9.01. The maximum absolute atomic E-state index is 13.5. The Morgan fingerprint density at radius 3 is 2.16 bits per heavy atom. The van der Waals surface area contributed by atoms with Gasteiger partial charge in [0.25, 0.3) is 0 Å². The number of hydrogen-bond donors (Lipinski definition) is 2. The van der Waals surface area contributed by atoms with Crippen molar-refractivity contribution in [2.45, 2.75) is 211 Å². The molecule has 0 aromatic heterocycles. The highest BCUT2D eigenvalue weighted by molar-refractivity contribution is 5.72. The number of ether oxygens (including phenoxy) is 10. The molecule has 3 fully saturated rings. The second-order valence-corrected chi connectivity index (χ2v) is 20.0. The van der Waals surface area contributed by atoms with Crippen LogP contribution in [0.25, 0.3) is 0 Å². The fourth-order valence-corrected chi connectivity index (χ4v) is 9.88. The number of likely N-dealkylation sites (N-methyl/N-ethyl adjacent to an activating group) is 2. The van der Waals surface area contributed by atoms with Gasteiger partial charge in [0, 0.05) is 39.3 Å². The molecule has 3 saturated heterocycles. The van der Waals surface area contributed by atoms with E-state index in [0.717, 1.165) is 12.7 Å². The Hall–Kier alpha value is -2.88. The normalized spacial score (nSPS) is 41.6.